The summed E-state index contributed by atoms with van der Waals surface area (Å²) in [7, 11) is 0. The first kappa shape index (κ1) is 35.1. The van der Waals surface area contributed by atoms with Gasteiger partial charge in [0.15, 0.2) is 0 Å². The summed E-state index contributed by atoms with van der Waals surface area (Å²) in [6, 6.07) is 85.4. The van der Waals surface area contributed by atoms with Gasteiger partial charge in [0.1, 0.15) is 0 Å². The van der Waals surface area contributed by atoms with E-state index in [1.807, 2.05) is 11.3 Å². The molecule has 0 bridgehead atoms. The van der Waals surface area contributed by atoms with Crippen LogP contribution in [-0.4, -0.2) is 0 Å². The van der Waals surface area contributed by atoms with Gasteiger partial charge in [-0.15, -0.1) is 11.3 Å². The SMILES string of the molecule is c1ccc(N(c2ccccc2)c2c3c(cc4ccccc24)C2(c4ccccc4-c4ccc(N(c5ccccc5)c5cccc6sc7ccccc7c56)cc42)c2ccccc2-3)cc1. The molecule has 2 aliphatic carbocycles. The molecular formula is C59H38N2S. The van der Waals surface area contributed by atoms with Gasteiger partial charge in [-0.3, -0.25) is 0 Å². The van der Waals surface area contributed by atoms with Crippen molar-refractivity contribution in [1.82, 2.24) is 0 Å². The van der Waals surface area contributed by atoms with Crippen molar-refractivity contribution in [2.24, 2.45) is 0 Å². The molecule has 0 aliphatic heterocycles. The molecule has 10 aromatic carbocycles. The van der Waals surface area contributed by atoms with E-state index in [1.165, 1.54) is 86.8 Å². The van der Waals surface area contributed by atoms with E-state index in [0.29, 0.717) is 0 Å². The molecule has 1 spiro atoms. The smallest absolute Gasteiger partial charge is 0.0727 e. The first-order valence-electron chi connectivity index (χ1n) is 21.4. The molecule has 13 rings (SSSR count). The zero-order chi connectivity index (χ0) is 40.8. The molecule has 1 aromatic heterocycles. The zero-order valence-electron chi connectivity index (χ0n) is 33.7. The molecule has 290 valence electrons. The number of para-hydroxylation sites is 3. The van der Waals surface area contributed by atoms with E-state index in [9.17, 15) is 0 Å². The lowest BCUT2D eigenvalue weighted by Gasteiger charge is -2.34. The lowest BCUT2D eigenvalue weighted by atomic mass is 9.70. The molecular weight excluding hydrogens is 769 g/mol. The van der Waals surface area contributed by atoms with Crippen LogP contribution in [0.5, 0.6) is 0 Å². The highest BCUT2D eigenvalue weighted by atomic mass is 32.1. The van der Waals surface area contributed by atoms with E-state index in [0.717, 1.165) is 22.7 Å². The predicted molar refractivity (Wildman–Crippen MR) is 263 cm³/mol. The van der Waals surface area contributed by atoms with Gasteiger partial charge < -0.3 is 9.80 Å². The Morgan fingerprint density at radius 3 is 1.61 bits per heavy atom. The quantitative estimate of drug-likeness (QED) is 0.165. The van der Waals surface area contributed by atoms with E-state index in [4.69, 9.17) is 0 Å². The number of fused-ring (bicyclic) bond motifs is 14. The second-order valence-electron chi connectivity index (χ2n) is 16.4. The van der Waals surface area contributed by atoms with E-state index >= 15 is 0 Å². The van der Waals surface area contributed by atoms with Crippen molar-refractivity contribution in [2.75, 3.05) is 9.80 Å². The number of hydrogen-bond acceptors (Lipinski definition) is 3. The number of nitrogens with zero attached hydrogens (tertiary/aromatic N) is 2. The first-order valence-corrected chi connectivity index (χ1v) is 22.2. The molecule has 0 fully saturated rings. The van der Waals surface area contributed by atoms with Crippen molar-refractivity contribution in [3.63, 3.8) is 0 Å². The normalized spacial score (nSPS) is 14.5. The van der Waals surface area contributed by atoms with Crippen molar-refractivity contribution >= 4 is 76.4 Å². The maximum atomic E-state index is 2.52. The van der Waals surface area contributed by atoms with Gasteiger partial charge in [0, 0.05) is 53.9 Å². The summed E-state index contributed by atoms with van der Waals surface area (Å²) in [6.07, 6.45) is 0. The number of rotatable bonds is 6. The molecule has 1 atom stereocenters. The van der Waals surface area contributed by atoms with Gasteiger partial charge in [-0.1, -0.05) is 158 Å². The molecule has 0 radical (unpaired) electrons. The highest BCUT2D eigenvalue weighted by molar-refractivity contribution is 7.26. The summed E-state index contributed by atoms with van der Waals surface area (Å²) in [6.45, 7) is 0. The van der Waals surface area contributed by atoms with Crippen LogP contribution in [0.3, 0.4) is 0 Å². The molecule has 0 amide bonds. The third-order valence-electron chi connectivity index (χ3n) is 13.2. The van der Waals surface area contributed by atoms with Gasteiger partial charge in [0.05, 0.1) is 16.8 Å². The van der Waals surface area contributed by atoms with Crippen LogP contribution in [0, 0.1) is 0 Å². The van der Waals surface area contributed by atoms with Crippen LogP contribution in [0.2, 0.25) is 0 Å². The molecule has 0 saturated carbocycles. The average molecular weight is 807 g/mol. The summed E-state index contributed by atoms with van der Waals surface area (Å²) in [5, 5.41) is 5.00. The van der Waals surface area contributed by atoms with Crippen molar-refractivity contribution in [3.05, 3.63) is 253 Å². The Hall–Kier alpha value is -7.72. The zero-order valence-corrected chi connectivity index (χ0v) is 34.6. The van der Waals surface area contributed by atoms with Crippen LogP contribution in [-0.2, 0) is 5.41 Å². The van der Waals surface area contributed by atoms with Gasteiger partial charge in [-0.05, 0) is 117 Å². The lowest BCUT2D eigenvalue weighted by molar-refractivity contribution is 0.795. The Balaban J connectivity index is 1.15. The van der Waals surface area contributed by atoms with Gasteiger partial charge in [-0.2, -0.15) is 0 Å². The number of benzene rings is 10. The summed E-state index contributed by atoms with van der Waals surface area (Å²) >= 11 is 1.87. The third-order valence-corrected chi connectivity index (χ3v) is 14.3. The Labute approximate surface area is 364 Å². The minimum Gasteiger partial charge on any atom is -0.310 e. The summed E-state index contributed by atoms with van der Waals surface area (Å²) in [5.74, 6) is 0. The molecule has 3 heteroatoms. The molecule has 1 unspecified atom stereocenters. The Kier molecular flexibility index (Phi) is 7.72. The molecule has 62 heavy (non-hydrogen) atoms. The standard InChI is InChI=1S/C59H38N2S/c1-4-20-40(21-5-1)60(53-32-18-34-55-57(53)48-29-14-17-33-54(48)62-55)43-35-36-46-45-27-12-15-30-49(45)59(51(46)38-43)50-31-16-13-28-47(50)56-52(59)37-39-19-10-11-26-44(39)58(56)61(41-22-6-2-7-23-41)42-24-8-3-9-25-42/h1-38H. The highest BCUT2D eigenvalue weighted by Crippen LogP contribution is 2.66. The summed E-state index contributed by atoms with van der Waals surface area (Å²) in [4.78, 5) is 4.97. The second kappa shape index (κ2) is 13.7. The largest absolute Gasteiger partial charge is 0.310 e. The fourth-order valence-electron chi connectivity index (χ4n) is 10.8. The van der Waals surface area contributed by atoms with Crippen LogP contribution in [0.1, 0.15) is 22.3 Å². The van der Waals surface area contributed by atoms with Crippen molar-refractivity contribution in [1.29, 1.82) is 0 Å². The van der Waals surface area contributed by atoms with E-state index < -0.39 is 5.41 Å². The molecule has 0 N–H and O–H groups in total. The van der Waals surface area contributed by atoms with Crippen molar-refractivity contribution < 1.29 is 0 Å². The van der Waals surface area contributed by atoms with Gasteiger partial charge in [0.2, 0.25) is 0 Å². The minimum absolute atomic E-state index is 0.588. The van der Waals surface area contributed by atoms with Crippen LogP contribution in [0.4, 0.5) is 34.1 Å². The molecule has 1 heterocycles. The van der Waals surface area contributed by atoms with Crippen molar-refractivity contribution in [3.8, 4) is 22.3 Å². The van der Waals surface area contributed by atoms with Crippen molar-refractivity contribution in [2.45, 2.75) is 5.41 Å². The highest BCUT2D eigenvalue weighted by Gasteiger charge is 2.53. The number of thiophene rings is 1. The average Bonchev–Trinajstić information content (AvgIpc) is 3.97. The first-order chi connectivity index (χ1) is 30.8. The number of hydrogen-bond donors (Lipinski definition) is 0. The topological polar surface area (TPSA) is 6.48 Å². The van der Waals surface area contributed by atoms with Gasteiger partial charge in [0.25, 0.3) is 0 Å². The maximum absolute atomic E-state index is 2.52. The third kappa shape index (κ3) is 4.91. The Morgan fingerprint density at radius 1 is 0.339 bits per heavy atom. The van der Waals surface area contributed by atoms with Crippen LogP contribution < -0.4 is 9.80 Å². The van der Waals surface area contributed by atoms with Gasteiger partial charge >= 0.3 is 0 Å². The number of anilines is 6. The molecule has 0 saturated heterocycles. The van der Waals surface area contributed by atoms with Crippen LogP contribution in [0.25, 0.3) is 53.2 Å². The Bertz CT molecular complexity index is 3500. The van der Waals surface area contributed by atoms with Gasteiger partial charge in [-0.25, -0.2) is 0 Å². The minimum atomic E-state index is -0.588. The second-order valence-corrected chi connectivity index (χ2v) is 17.4. The van der Waals surface area contributed by atoms with E-state index in [1.54, 1.807) is 0 Å². The predicted octanol–water partition coefficient (Wildman–Crippen LogP) is 16.5. The fraction of sp³-hybridized carbons (Fsp3) is 0.0169. The molecule has 11 aromatic rings. The lowest BCUT2D eigenvalue weighted by Crippen LogP contribution is -2.26. The van der Waals surface area contributed by atoms with Crippen LogP contribution >= 0.6 is 11.3 Å². The summed E-state index contributed by atoms with van der Waals surface area (Å²) < 4.78 is 2.59. The molecule has 2 aliphatic rings. The van der Waals surface area contributed by atoms with E-state index in [2.05, 4.69) is 240 Å². The fourth-order valence-corrected chi connectivity index (χ4v) is 11.9. The molecule has 2 nitrogen and oxygen atoms in total. The van der Waals surface area contributed by atoms with Crippen LogP contribution in [0.15, 0.2) is 231 Å². The van der Waals surface area contributed by atoms with E-state index in [-0.39, 0.29) is 0 Å². The monoisotopic (exact) mass is 806 g/mol. The maximum Gasteiger partial charge on any atom is 0.0727 e. The summed E-state index contributed by atoms with van der Waals surface area (Å²) in [5.41, 5.74) is 16.6. The Morgan fingerprint density at radius 2 is 0.887 bits per heavy atom.